The monoisotopic (exact) mass is 508 g/mol. The molecule has 0 radical (unpaired) electrons. The Balaban J connectivity index is 1.38. The molecule has 0 atom stereocenters. The lowest BCUT2D eigenvalue weighted by Gasteiger charge is -2.13. The Kier molecular flexibility index (Phi) is 7.00. The summed E-state index contributed by atoms with van der Waals surface area (Å²) >= 11 is 1.18. The molecule has 0 fully saturated rings. The molecule has 0 saturated heterocycles. The van der Waals surface area contributed by atoms with E-state index in [1.807, 2.05) is 79.7 Å². The molecule has 1 heterocycles. The molecule has 1 N–H and O–H groups in total. The number of rotatable bonds is 7. The van der Waals surface area contributed by atoms with Crippen molar-refractivity contribution in [1.82, 2.24) is 15.0 Å². The lowest BCUT2D eigenvalue weighted by atomic mass is 10.0. The molecule has 0 saturated carbocycles. The number of hydrogen-bond acceptors (Lipinski definition) is 6. The van der Waals surface area contributed by atoms with Gasteiger partial charge in [-0.05, 0) is 48.0 Å². The summed E-state index contributed by atoms with van der Waals surface area (Å²) in [4.78, 5) is 30.7. The Morgan fingerprint density at radius 3 is 2.51 bits per heavy atom. The number of nitrogens with zero attached hydrogens (tertiary/aromatic N) is 3. The van der Waals surface area contributed by atoms with Crippen LogP contribution in [0.4, 0.5) is 0 Å². The molecular formula is C29H24N4O3S. The first-order chi connectivity index (χ1) is 18.0. The predicted molar refractivity (Wildman–Crippen MR) is 149 cm³/mol. The summed E-state index contributed by atoms with van der Waals surface area (Å²) in [7, 11) is 1.60. The zero-order valence-electron chi connectivity index (χ0n) is 20.3. The fraction of sp³-hybridized carbons (Fsp3) is 0.103. The third-order valence-electron chi connectivity index (χ3n) is 5.90. The highest BCUT2D eigenvalue weighted by molar-refractivity contribution is 7.99. The van der Waals surface area contributed by atoms with Gasteiger partial charge in [0.15, 0.2) is 5.16 Å². The summed E-state index contributed by atoms with van der Waals surface area (Å²) in [5, 5.41) is 7.13. The SMILES string of the molecule is COc1ccc2ccccc2c1C=NNC(=O)CSc1nc2ccccc2c(=O)n1-c1ccc(C)cc1. The van der Waals surface area contributed by atoms with Gasteiger partial charge in [0, 0.05) is 5.56 Å². The predicted octanol–water partition coefficient (Wildman–Crippen LogP) is 5.10. The zero-order chi connectivity index (χ0) is 25.8. The van der Waals surface area contributed by atoms with Gasteiger partial charge in [0.05, 0.1) is 35.7 Å². The van der Waals surface area contributed by atoms with Crippen molar-refractivity contribution in [3.05, 3.63) is 106 Å². The van der Waals surface area contributed by atoms with E-state index < -0.39 is 0 Å². The number of fused-ring (bicyclic) bond motifs is 2. The van der Waals surface area contributed by atoms with Crippen LogP contribution in [0.25, 0.3) is 27.4 Å². The van der Waals surface area contributed by atoms with E-state index in [1.54, 1.807) is 30.0 Å². The third kappa shape index (κ3) is 5.10. The van der Waals surface area contributed by atoms with Crippen LogP contribution in [-0.2, 0) is 4.79 Å². The highest BCUT2D eigenvalue weighted by atomic mass is 32.2. The van der Waals surface area contributed by atoms with Crippen LogP contribution in [0.3, 0.4) is 0 Å². The number of hydrazone groups is 1. The average Bonchev–Trinajstić information content (AvgIpc) is 2.93. The molecule has 0 aliphatic rings. The van der Waals surface area contributed by atoms with Gasteiger partial charge in [0.1, 0.15) is 5.75 Å². The minimum Gasteiger partial charge on any atom is -0.496 e. The number of amides is 1. The van der Waals surface area contributed by atoms with Crippen molar-refractivity contribution in [3.63, 3.8) is 0 Å². The maximum absolute atomic E-state index is 13.3. The van der Waals surface area contributed by atoms with Gasteiger partial charge in [-0.2, -0.15) is 5.10 Å². The molecule has 184 valence electrons. The molecule has 0 unspecified atom stereocenters. The van der Waals surface area contributed by atoms with Crippen LogP contribution in [0.2, 0.25) is 0 Å². The van der Waals surface area contributed by atoms with E-state index in [2.05, 4.69) is 15.5 Å². The molecule has 0 aliphatic heterocycles. The summed E-state index contributed by atoms with van der Waals surface area (Å²) in [6.07, 6.45) is 1.58. The summed E-state index contributed by atoms with van der Waals surface area (Å²) in [6.45, 7) is 1.99. The minimum absolute atomic E-state index is 0.0284. The number of para-hydroxylation sites is 1. The lowest BCUT2D eigenvalue weighted by Crippen LogP contribution is -2.24. The van der Waals surface area contributed by atoms with Gasteiger partial charge in [-0.3, -0.25) is 14.2 Å². The van der Waals surface area contributed by atoms with E-state index in [9.17, 15) is 9.59 Å². The van der Waals surface area contributed by atoms with Gasteiger partial charge < -0.3 is 4.74 Å². The normalized spacial score (nSPS) is 11.3. The molecule has 4 aromatic carbocycles. The second-order valence-electron chi connectivity index (χ2n) is 8.37. The number of carbonyl (C=O) groups excluding carboxylic acids is 1. The standard InChI is InChI=1S/C29H24N4O3S/c1-19-11-14-21(15-12-19)33-28(35)23-9-5-6-10-25(23)31-29(33)37-18-27(34)32-30-17-24-22-8-4-3-7-20(22)13-16-26(24)36-2/h3-17H,18H2,1-2H3,(H,32,34). The fourth-order valence-electron chi connectivity index (χ4n) is 4.05. The molecule has 7 nitrogen and oxygen atoms in total. The van der Waals surface area contributed by atoms with Crippen LogP contribution in [0.15, 0.2) is 100.0 Å². The van der Waals surface area contributed by atoms with E-state index in [4.69, 9.17) is 4.74 Å². The van der Waals surface area contributed by atoms with Crippen LogP contribution in [-0.4, -0.2) is 34.5 Å². The van der Waals surface area contributed by atoms with Crippen molar-refractivity contribution in [1.29, 1.82) is 0 Å². The number of methoxy groups -OCH3 is 1. The van der Waals surface area contributed by atoms with Crippen molar-refractivity contribution in [2.24, 2.45) is 5.10 Å². The quantitative estimate of drug-likeness (QED) is 0.143. The first-order valence-electron chi connectivity index (χ1n) is 11.6. The number of hydrogen-bond donors (Lipinski definition) is 1. The molecule has 0 spiro atoms. The number of nitrogens with one attached hydrogen (secondary N) is 1. The molecule has 8 heteroatoms. The summed E-state index contributed by atoms with van der Waals surface area (Å²) in [5.41, 5.74) is 5.53. The zero-order valence-corrected chi connectivity index (χ0v) is 21.2. The molecule has 0 aliphatic carbocycles. The number of ether oxygens (including phenoxy) is 1. The van der Waals surface area contributed by atoms with Gasteiger partial charge in [0.2, 0.25) is 0 Å². The number of carbonyl (C=O) groups is 1. The maximum Gasteiger partial charge on any atom is 0.266 e. The number of aryl methyl sites for hydroxylation is 1. The van der Waals surface area contributed by atoms with Crippen molar-refractivity contribution in [3.8, 4) is 11.4 Å². The molecule has 5 rings (SSSR count). The maximum atomic E-state index is 13.3. The lowest BCUT2D eigenvalue weighted by molar-refractivity contribution is -0.118. The van der Waals surface area contributed by atoms with Crippen LogP contribution < -0.4 is 15.7 Å². The van der Waals surface area contributed by atoms with Crippen LogP contribution in [0, 0.1) is 6.92 Å². The van der Waals surface area contributed by atoms with Crippen LogP contribution in [0.5, 0.6) is 5.75 Å². The Hall–Kier alpha value is -4.43. The van der Waals surface area contributed by atoms with Crippen LogP contribution in [0.1, 0.15) is 11.1 Å². The van der Waals surface area contributed by atoms with Gasteiger partial charge in [-0.1, -0.05) is 71.9 Å². The summed E-state index contributed by atoms with van der Waals surface area (Å²) in [6, 6.07) is 26.6. The fourth-order valence-corrected chi connectivity index (χ4v) is 4.85. The van der Waals surface area contributed by atoms with Crippen molar-refractivity contribution >= 4 is 45.6 Å². The first-order valence-corrected chi connectivity index (χ1v) is 12.6. The van der Waals surface area contributed by atoms with E-state index in [-0.39, 0.29) is 17.2 Å². The largest absolute Gasteiger partial charge is 0.496 e. The number of benzene rings is 4. The smallest absolute Gasteiger partial charge is 0.266 e. The minimum atomic E-state index is -0.321. The van der Waals surface area contributed by atoms with E-state index >= 15 is 0 Å². The average molecular weight is 509 g/mol. The molecule has 0 bridgehead atoms. The van der Waals surface area contributed by atoms with Crippen molar-refractivity contribution in [2.45, 2.75) is 12.1 Å². The molecule has 5 aromatic rings. The highest BCUT2D eigenvalue weighted by Gasteiger charge is 2.15. The third-order valence-corrected chi connectivity index (χ3v) is 6.84. The molecular weight excluding hydrogens is 484 g/mol. The first kappa shape index (κ1) is 24.3. The van der Waals surface area contributed by atoms with Crippen LogP contribution >= 0.6 is 11.8 Å². The van der Waals surface area contributed by atoms with Gasteiger partial charge >= 0.3 is 0 Å². The van der Waals surface area contributed by atoms with E-state index in [0.717, 1.165) is 21.9 Å². The van der Waals surface area contributed by atoms with E-state index in [1.165, 1.54) is 11.8 Å². The summed E-state index contributed by atoms with van der Waals surface area (Å²) in [5.74, 6) is 0.368. The van der Waals surface area contributed by atoms with Gasteiger partial charge in [-0.25, -0.2) is 10.4 Å². The number of aromatic nitrogens is 2. The Bertz CT molecular complexity index is 1690. The van der Waals surface area contributed by atoms with E-state index in [0.29, 0.717) is 27.5 Å². The molecule has 1 amide bonds. The topological polar surface area (TPSA) is 85.6 Å². The van der Waals surface area contributed by atoms with Gasteiger partial charge in [-0.15, -0.1) is 0 Å². The second kappa shape index (κ2) is 10.7. The Morgan fingerprint density at radius 2 is 1.73 bits per heavy atom. The second-order valence-corrected chi connectivity index (χ2v) is 9.31. The Morgan fingerprint density at radius 1 is 1.00 bits per heavy atom. The highest BCUT2D eigenvalue weighted by Crippen LogP contribution is 2.26. The summed E-state index contributed by atoms with van der Waals surface area (Å²) < 4.78 is 7.02. The van der Waals surface area contributed by atoms with Crippen molar-refractivity contribution in [2.75, 3.05) is 12.9 Å². The van der Waals surface area contributed by atoms with Gasteiger partial charge in [0.25, 0.3) is 11.5 Å². The van der Waals surface area contributed by atoms with Crippen molar-refractivity contribution < 1.29 is 9.53 Å². The number of thioether (sulfide) groups is 1. The Labute approximate surface area is 217 Å². The molecule has 1 aromatic heterocycles. The molecule has 37 heavy (non-hydrogen) atoms.